The number of nitrogens with one attached hydrogen (secondary N) is 5. The second kappa shape index (κ2) is 18.5. The van der Waals surface area contributed by atoms with Crippen LogP contribution in [-0.4, -0.2) is 106 Å². The highest BCUT2D eigenvalue weighted by atomic mass is 35.5. The Bertz CT molecular complexity index is 3810. The lowest BCUT2D eigenvalue weighted by atomic mass is 9.93. The van der Waals surface area contributed by atoms with Crippen LogP contribution in [0.2, 0.25) is 10.6 Å². The first-order valence-corrected chi connectivity index (χ1v) is 25.9. The number of hydrazone groups is 1. The molecule has 0 atom stereocenters. The van der Waals surface area contributed by atoms with Crippen LogP contribution in [0.15, 0.2) is 108 Å². The maximum atomic E-state index is 14.1. The molecule has 6 aromatic rings. The Morgan fingerprint density at radius 2 is 1.00 bits per heavy atom. The Labute approximate surface area is 397 Å². The van der Waals surface area contributed by atoms with Crippen LogP contribution in [0.5, 0.6) is 0 Å². The highest BCUT2D eigenvalue weighted by Crippen LogP contribution is 2.36. The summed E-state index contributed by atoms with van der Waals surface area (Å²) in [4.78, 5) is 33.7. The molecule has 0 aliphatic heterocycles. The lowest BCUT2D eigenvalue weighted by Crippen LogP contribution is -2.28. The Balaban J connectivity index is 1.25. The van der Waals surface area contributed by atoms with Crippen molar-refractivity contribution in [2.75, 3.05) is 26.7 Å². The third kappa shape index (κ3) is 11.9. The molecule has 2 heterocycles. The molecule has 0 spiro atoms. The Morgan fingerprint density at radius 3 is 1.55 bits per heavy atom. The van der Waals surface area contributed by atoms with Crippen LogP contribution in [0.4, 0.5) is 52.2 Å². The number of benzene rings is 4. The predicted octanol–water partition coefficient (Wildman–Crippen LogP) is 4.22. The second-order valence-corrected chi connectivity index (χ2v) is 21.1. The molecule has 0 saturated heterocycles. The Morgan fingerprint density at radius 1 is 0.478 bits per heavy atom. The van der Waals surface area contributed by atoms with Gasteiger partial charge >= 0.3 is 0 Å². The van der Waals surface area contributed by atoms with Crippen molar-refractivity contribution >= 4 is 144 Å². The van der Waals surface area contributed by atoms with Gasteiger partial charge < -0.3 is 21.3 Å². The maximum Gasteiger partial charge on any atom is 0.296 e. The molecule has 4 aromatic carbocycles. The molecule has 1 aliphatic rings. The molecule has 2 aromatic heterocycles. The molecule has 0 amide bonds. The van der Waals surface area contributed by atoms with Gasteiger partial charge in [-0.25, -0.2) is 0 Å². The smallest absolute Gasteiger partial charge is 0.296 e. The van der Waals surface area contributed by atoms with Gasteiger partial charge in [-0.3, -0.25) is 33.0 Å². The normalized spacial score (nSPS) is 13.9. The van der Waals surface area contributed by atoms with Crippen LogP contribution in [0, 0.1) is 0 Å². The van der Waals surface area contributed by atoms with Gasteiger partial charge in [-0.2, -0.15) is 77.1 Å². The fourth-order valence-corrected chi connectivity index (χ4v) is 9.30. The van der Waals surface area contributed by atoms with Crippen molar-refractivity contribution in [1.82, 2.24) is 29.9 Å². The molecule has 0 bridgehead atoms. The van der Waals surface area contributed by atoms with Gasteiger partial charge in [-0.05, 0) is 95.5 Å². The van der Waals surface area contributed by atoms with Gasteiger partial charge in [0.15, 0.2) is 5.71 Å². The van der Waals surface area contributed by atoms with Crippen molar-refractivity contribution in [3.63, 3.8) is 0 Å². The van der Waals surface area contributed by atoms with E-state index in [0.717, 1.165) is 42.5 Å². The van der Waals surface area contributed by atoms with E-state index in [9.17, 15) is 69.6 Å². The number of carbonyl (C=O) groups is 1. The summed E-state index contributed by atoms with van der Waals surface area (Å²) in [5.41, 5.74) is -1.64. The van der Waals surface area contributed by atoms with Crippen LogP contribution in [0.3, 0.4) is 0 Å². The van der Waals surface area contributed by atoms with Gasteiger partial charge in [0, 0.05) is 11.4 Å². The molecule has 35 heteroatoms. The molecule has 1 aliphatic carbocycles. The second-order valence-electron chi connectivity index (χ2n) is 13.5. The third-order valence-corrected chi connectivity index (χ3v) is 13.5. The number of para-hydroxylation sites is 1. The number of anilines is 9. The minimum atomic E-state index is -5.41. The van der Waals surface area contributed by atoms with Crippen LogP contribution < -0.4 is 26.7 Å². The molecule has 360 valence electrons. The number of Topliss-reactive ketones (excluding diaryl/α,β-unsaturated/α-hetero) is 1. The van der Waals surface area contributed by atoms with Crippen LogP contribution >= 0.6 is 23.2 Å². The number of allylic oxidation sites excluding steroid dienone is 1. The molecule has 28 nitrogen and oxygen atoms in total. The van der Waals surface area contributed by atoms with Crippen molar-refractivity contribution in [1.29, 1.82) is 0 Å². The standard InChI is InChI=1S/C34H24Cl2N12O16S5/c35-29-41-31(37-16-4-3-5-18(12-16)65(50,51)52)45-32(42-29)38-17-8-9-24(68(59,60)61)21(13-17)39-33-43-30(36)44-34(46-33)40-22-14-19(66(53,54)55)10-15-11-25(69(62,63)64)27(28(49)26(15)22)48-47-20-6-1-2-7-23(20)67(56,57)58/h1-14,47H,(H,50,51,52)(H,53,54,55)(H,56,57,58)(H,59,60,61)(H,62,63,64)(H2,37,38,41,42,45)(H2,39,40,43,44,46). The van der Waals surface area contributed by atoms with E-state index in [0.29, 0.717) is 18.2 Å². The summed E-state index contributed by atoms with van der Waals surface area (Å²) in [6, 6.07) is 13.8. The van der Waals surface area contributed by atoms with Gasteiger partial charge in [0.25, 0.3) is 50.6 Å². The number of hydrogen-bond acceptors (Lipinski definition) is 23. The van der Waals surface area contributed by atoms with Crippen LogP contribution in [-0.2, 0) is 50.6 Å². The van der Waals surface area contributed by atoms with Gasteiger partial charge in [-0.1, -0.05) is 18.2 Å². The quantitative estimate of drug-likeness (QED) is 0.0508. The van der Waals surface area contributed by atoms with E-state index >= 15 is 0 Å². The van der Waals surface area contributed by atoms with Crippen LogP contribution in [0.25, 0.3) is 6.08 Å². The minimum Gasteiger partial charge on any atom is -0.324 e. The van der Waals surface area contributed by atoms with E-state index in [-0.39, 0.29) is 23.3 Å². The number of fused-ring (bicyclic) bond motifs is 1. The fraction of sp³-hybridized carbons (Fsp3) is 0. The van der Waals surface area contributed by atoms with Gasteiger partial charge in [0.05, 0.1) is 32.4 Å². The summed E-state index contributed by atoms with van der Waals surface area (Å²) < 4.78 is 171. The zero-order chi connectivity index (χ0) is 50.4. The van der Waals surface area contributed by atoms with Crippen molar-refractivity contribution in [3.05, 3.63) is 105 Å². The predicted molar refractivity (Wildman–Crippen MR) is 243 cm³/mol. The zero-order valence-corrected chi connectivity index (χ0v) is 38.8. The molecule has 0 radical (unpaired) electrons. The fourth-order valence-electron chi connectivity index (χ4n) is 5.98. The van der Waals surface area contributed by atoms with Crippen molar-refractivity contribution in [2.45, 2.75) is 19.6 Å². The van der Waals surface area contributed by atoms with Crippen molar-refractivity contribution in [2.24, 2.45) is 5.10 Å². The number of halogens is 2. The minimum absolute atomic E-state index is 0.0112. The summed E-state index contributed by atoms with van der Waals surface area (Å²) in [7, 11) is -25.1. The van der Waals surface area contributed by atoms with Crippen molar-refractivity contribution < 1.29 is 69.6 Å². The number of aromatic nitrogens is 6. The number of nitrogens with zero attached hydrogens (tertiary/aromatic N) is 7. The third-order valence-electron chi connectivity index (χ3n) is 8.74. The molecule has 0 fully saturated rings. The molecule has 7 rings (SSSR count). The monoisotopic (exact) mass is 1090 g/mol. The van der Waals surface area contributed by atoms with E-state index in [1.165, 1.54) is 24.3 Å². The summed E-state index contributed by atoms with van der Waals surface area (Å²) >= 11 is 12.3. The van der Waals surface area contributed by atoms with E-state index in [1.54, 1.807) is 0 Å². The summed E-state index contributed by atoms with van der Waals surface area (Å²) in [5.74, 6) is -3.17. The van der Waals surface area contributed by atoms with Gasteiger partial charge in [0.2, 0.25) is 40.1 Å². The highest BCUT2D eigenvalue weighted by molar-refractivity contribution is 7.91. The first kappa shape index (κ1) is 50.0. The van der Waals surface area contributed by atoms with E-state index in [2.05, 4.69) is 61.7 Å². The SMILES string of the molecule is O=C1C(=NNc2ccccc2S(=O)(=O)O)C(S(=O)(=O)O)=Cc2cc(S(=O)(=O)O)cc(Nc3nc(Cl)nc(Nc4cc(Nc5nc(Cl)nc(Nc6cccc(S(=O)(=O)O)c6)n5)ccc4S(=O)(=O)O)n3)c21. The van der Waals surface area contributed by atoms with E-state index in [1.807, 2.05) is 0 Å². The number of carbonyl (C=O) groups excluding carboxylic acids is 1. The van der Waals surface area contributed by atoms with E-state index in [4.69, 9.17) is 23.2 Å². The molecule has 0 saturated carbocycles. The molecule has 0 unspecified atom stereocenters. The molecule has 10 N–H and O–H groups in total. The Kier molecular flexibility index (Phi) is 13.4. The number of ketones is 1. The first-order valence-electron chi connectivity index (χ1n) is 17.9. The molecular formula is C34H24Cl2N12O16S5. The first-order chi connectivity index (χ1) is 32.0. The average molecular weight is 1090 g/mol. The lowest BCUT2D eigenvalue weighted by Gasteiger charge is -2.20. The van der Waals surface area contributed by atoms with Crippen molar-refractivity contribution in [3.8, 4) is 0 Å². The number of rotatable bonds is 15. The van der Waals surface area contributed by atoms with E-state index < -0.39 is 137 Å². The largest absolute Gasteiger partial charge is 0.324 e. The summed E-state index contributed by atoms with van der Waals surface area (Å²) in [5, 5.41) is 13.0. The highest BCUT2D eigenvalue weighted by Gasteiger charge is 2.36. The topological polar surface area (TPSA) is 439 Å². The molecular weight excluding hydrogens is 1060 g/mol. The van der Waals surface area contributed by atoms with Gasteiger partial charge in [-0.15, -0.1) is 0 Å². The lowest BCUT2D eigenvalue weighted by molar-refractivity contribution is 0.106. The van der Waals surface area contributed by atoms with Crippen LogP contribution in [0.1, 0.15) is 15.9 Å². The Hall–Kier alpha value is -6.89. The summed E-state index contributed by atoms with van der Waals surface area (Å²) in [6.45, 7) is 0. The average Bonchev–Trinajstić information content (AvgIpc) is 3.21. The number of hydrogen-bond donors (Lipinski definition) is 10. The maximum absolute atomic E-state index is 14.1. The summed E-state index contributed by atoms with van der Waals surface area (Å²) in [6.07, 6.45) is 0.583. The van der Waals surface area contributed by atoms with Gasteiger partial charge in [0.1, 0.15) is 14.7 Å². The molecule has 69 heavy (non-hydrogen) atoms. The zero-order valence-electron chi connectivity index (χ0n) is 33.2.